The highest BCUT2D eigenvalue weighted by atomic mass is 16.3. The molecule has 27 heavy (non-hydrogen) atoms. The zero-order valence-electron chi connectivity index (χ0n) is 15.1. The molecule has 134 valence electrons. The van der Waals surface area contributed by atoms with E-state index in [1.54, 1.807) is 0 Å². The maximum Gasteiger partial charge on any atom is 0.0813 e. The molecule has 0 fully saturated rings. The van der Waals surface area contributed by atoms with Crippen molar-refractivity contribution in [2.24, 2.45) is 0 Å². The molecule has 2 unspecified atom stereocenters. The van der Waals surface area contributed by atoms with Crippen LogP contribution in [0.4, 0.5) is 5.69 Å². The van der Waals surface area contributed by atoms with Crippen molar-refractivity contribution in [3.05, 3.63) is 114 Å². The average Bonchev–Trinajstić information content (AvgIpc) is 2.74. The molecule has 0 radical (unpaired) electrons. The second kappa shape index (κ2) is 8.07. The molecule has 0 spiro atoms. The predicted molar refractivity (Wildman–Crippen MR) is 113 cm³/mol. The van der Waals surface area contributed by atoms with Gasteiger partial charge < -0.3 is 10.4 Å². The van der Waals surface area contributed by atoms with Gasteiger partial charge in [-0.25, -0.2) is 0 Å². The molecule has 0 amide bonds. The van der Waals surface area contributed by atoms with Gasteiger partial charge in [-0.15, -0.1) is 0 Å². The Balaban J connectivity index is 1.59. The van der Waals surface area contributed by atoms with Crippen LogP contribution in [0.15, 0.2) is 103 Å². The lowest BCUT2D eigenvalue weighted by Gasteiger charge is -2.24. The van der Waals surface area contributed by atoms with Gasteiger partial charge in [-0.3, -0.25) is 0 Å². The van der Waals surface area contributed by atoms with Crippen molar-refractivity contribution in [1.29, 1.82) is 0 Å². The fourth-order valence-corrected chi connectivity index (χ4v) is 3.47. The lowest BCUT2D eigenvalue weighted by atomic mass is 9.95. The fourth-order valence-electron chi connectivity index (χ4n) is 3.47. The summed E-state index contributed by atoms with van der Waals surface area (Å²) in [6, 6.07) is 34.9. The summed E-state index contributed by atoms with van der Waals surface area (Å²) in [6.07, 6.45) is 0.0491. The molecule has 0 saturated heterocycles. The Labute approximate surface area is 160 Å². The highest BCUT2D eigenvalue weighted by molar-refractivity contribution is 5.83. The second-order valence-corrected chi connectivity index (χ2v) is 6.83. The highest BCUT2D eigenvalue weighted by Crippen LogP contribution is 2.31. The number of benzene rings is 4. The van der Waals surface area contributed by atoms with Crippen molar-refractivity contribution in [3.8, 4) is 0 Å². The van der Waals surface area contributed by atoms with E-state index in [4.69, 9.17) is 0 Å². The fraction of sp³-hybridized carbons (Fsp3) is 0.120. The molecule has 4 aromatic carbocycles. The van der Waals surface area contributed by atoms with Crippen molar-refractivity contribution in [1.82, 2.24) is 0 Å². The number of rotatable bonds is 6. The molecule has 0 aliphatic heterocycles. The number of aliphatic hydroxyl groups excluding tert-OH is 1. The second-order valence-electron chi connectivity index (χ2n) is 6.83. The number of nitrogens with one attached hydrogen (secondary N) is 1. The van der Waals surface area contributed by atoms with Gasteiger partial charge in [0.05, 0.1) is 12.1 Å². The van der Waals surface area contributed by atoms with Gasteiger partial charge in [0.15, 0.2) is 0 Å². The number of hydrogen-bond acceptors (Lipinski definition) is 2. The zero-order chi connectivity index (χ0) is 18.5. The summed E-state index contributed by atoms with van der Waals surface area (Å²) in [7, 11) is 0. The van der Waals surface area contributed by atoms with Gasteiger partial charge in [-0.1, -0.05) is 84.9 Å². The van der Waals surface area contributed by atoms with Crippen LogP contribution in [0.2, 0.25) is 0 Å². The largest absolute Gasteiger partial charge is 0.388 e. The van der Waals surface area contributed by atoms with Crippen molar-refractivity contribution < 1.29 is 5.11 Å². The molecule has 4 aromatic rings. The van der Waals surface area contributed by atoms with Crippen LogP contribution in [-0.2, 0) is 0 Å². The Bertz CT molecular complexity index is 998. The average molecular weight is 353 g/mol. The molecule has 0 bridgehead atoms. The Morgan fingerprint density at radius 1 is 0.630 bits per heavy atom. The SMILES string of the molecule is OC(CC(Nc1ccccc1)c1ccccc1)c1ccc2ccccc2c1. The zero-order valence-corrected chi connectivity index (χ0v) is 15.1. The Kier molecular flexibility index (Phi) is 5.17. The van der Waals surface area contributed by atoms with E-state index in [-0.39, 0.29) is 6.04 Å². The Hall–Kier alpha value is -3.10. The van der Waals surface area contributed by atoms with E-state index in [9.17, 15) is 5.11 Å². The van der Waals surface area contributed by atoms with Crippen LogP contribution in [0.3, 0.4) is 0 Å². The normalized spacial score (nSPS) is 13.2. The minimum Gasteiger partial charge on any atom is -0.388 e. The lowest BCUT2D eigenvalue weighted by Crippen LogP contribution is -2.14. The summed E-state index contributed by atoms with van der Waals surface area (Å²) in [6.45, 7) is 0. The first kappa shape index (κ1) is 17.3. The predicted octanol–water partition coefficient (Wildman–Crippen LogP) is 6.12. The van der Waals surface area contributed by atoms with Gasteiger partial charge in [-0.2, -0.15) is 0 Å². The van der Waals surface area contributed by atoms with E-state index < -0.39 is 6.10 Å². The molecule has 0 aliphatic carbocycles. The number of anilines is 1. The first-order chi connectivity index (χ1) is 13.3. The standard InChI is InChI=1S/C25H23NO/c27-25(22-16-15-19-9-7-8-12-21(19)17-22)18-24(20-10-3-1-4-11-20)26-23-13-5-2-6-14-23/h1-17,24-27H,18H2. The third-order valence-electron chi connectivity index (χ3n) is 4.93. The smallest absolute Gasteiger partial charge is 0.0813 e. The monoisotopic (exact) mass is 353 g/mol. The minimum atomic E-state index is -0.545. The minimum absolute atomic E-state index is 0.0232. The van der Waals surface area contributed by atoms with Crippen LogP contribution in [0.1, 0.15) is 29.7 Å². The summed E-state index contributed by atoms with van der Waals surface area (Å²) in [4.78, 5) is 0. The summed E-state index contributed by atoms with van der Waals surface area (Å²) in [5, 5.41) is 16.9. The van der Waals surface area contributed by atoms with E-state index in [0.717, 1.165) is 16.6 Å². The molecule has 4 rings (SSSR count). The number of fused-ring (bicyclic) bond motifs is 1. The van der Waals surface area contributed by atoms with E-state index >= 15 is 0 Å². The summed E-state index contributed by atoms with van der Waals surface area (Å²) >= 11 is 0. The van der Waals surface area contributed by atoms with Gasteiger partial charge in [0.25, 0.3) is 0 Å². The molecule has 2 atom stereocenters. The van der Waals surface area contributed by atoms with Crippen molar-refractivity contribution in [2.75, 3.05) is 5.32 Å². The first-order valence-corrected chi connectivity index (χ1v) is 9.33. The van der Waals surface area contributed by atoms with E-state index in [0.29, 0.717) is 6.42 Å². The molecule has 0 saturated carbocycles. The molecular formula is C25H23NO. The first-order valence-electron chi connectivity index (χ1n) is 9.33. The lowest BCUT2D eigenvalue weighted by molar-refractivity contribution is 0.161. The molecule has 2 nitrogen and oxygen atoms in total. The highest BCUT2D eigenvalue weighted by Gasteiger charge is 2.18. The summed E-state index contributed by atoms with van der Waals surface area (Å²) in [5.74, 6) is 0. The van der Waals surface area contributed by atoms with E-state index in [1.807, 2.05) is 54.6 Å². The van der Waals surface area contributed by atoms with E-state index in [1.165, 1.54) is 10.9 Å². The summed E-state index contributed by atoms with van der Waals surface area (Å²) < 4.78 is 0. The molecule has 0 heterocycles. The van der Waals surface area contributed by atoms with Crippen molar-refractivity contribution >= 4 is 16.5 Å². The quantitative estimate of drug-likeness (QED) is 0.438. The Morgan fingerprint density at radius 3 is 2.00 bits per heavy atom. The van der Waals surface area contributed by atoms with Crippen LogP contribution >= 0.6 is 0 Å². The van der Waals surface area contributed by atoms with Crippen molar-refractivity contribution in [2.45, 2.75) is 18.6 Å². The molecule has 2 heteroatoms. The third kappa shape index (κ3) is 4.18. The number of para-hydroxylation sites is 1. The van der Waals surface area contributed by atoms with Gasteiger partial charge in [0.1, 0.15) is 0 Å². The van der Waals surface area contributed by atoms with Gasteiger partial charge >= 0.3 is 0 Å². The van der Waals surface area contributed by atoms with Crippen LogP contribution < -0.4 is 5.32 Å². The van der Waals surface area contributed by atoms with E-state index in [2.05, 4.69) is 53.8 Å². The molecule has 0 aliphatic rings. The van der Waals surface area contributed by atoms with Crippen LogP contribution in [0, 0.1) is 0 Å². The maximum atomic E-state index is 10.9. The van der Waals surface area contributed by atoms with Gasteiger partial charge in [-0.05, 0) is 40.1 Å². The van der Waals surface area contributed by atoms with Gasteiger partial charge in [0, 0.05) is 12.1 Å². The van der Waals surface area contributed by atoms with Gasteiger partial charge in [0.2, 0.25) is 0 Å². The molecule has 2 N–H and O–H groups in total. The van der Waals surface area contributed by atoms with Crippen LogP contribution in [0.25, 0.3) is 10.8 Å². The molecular weight excluding hydrogens is 330 g/mol. The van der Waals surface area contributed by atoms with Crippen LogP contribution in [0.5, 0.6) is 0 Å². The molecule has 0 aromatic heterocycles. The van der Waals surface area contributed by atoms with Crippen molar-refractivity contribution in [3.63, 3.8) is 0 Å². The maximum absolute atomic E-state index is 10.9. The van der Waals surface area contributed by atoms with Crippen LogP contribution in [-0.4, -0.2) is 5.11 Å². The Morgan fingerprint density at radius 2 is 1.26 bits per heavy atom. The number of aliphatic hydroxyl groups is 1. The topological polar surface area (TPSA) is 32.3 Å². The third-order valence-corrected chi connectivity index (χ3v) is 4.93. The number of hydrogen-bond donors (Lipinski definition) is 2. The summed E-state index contributed by atoms with van der Waals surface area (Å²) in [5.41, 5.74) is 3.17.